The van der Waals surface area contributed by atoms with Crippen LogP contribution in [0.5, 0.6) is 0 Å². The molecule has 0 bridgehead atoms. The second-order valence-electron chi connectivity index (χ2n) is 7.93. The Morgan fingerprint density at radius 3 is 2.85 bits per heavy atom. The van der Waals surface area contributed by atoms with Crippen molar-refractivity contribution in [2.24, 2.45) is 32.5 Å². The van der Waals surface area contributed by atoms with Gasteiger partial charge < -0.3 is 17.2 Å². The molecule has 1 saturated heterocycles. The molecule has 0 spiro atoms. The molecule has 1 aromatic carbocycles. The predicted molar refractivity (Wildman–Crippen MR) is 136 cm³/mol. The number of amidine groups is 1. The molecule has 0 aromatic heterocycles. The highest BCUT2D eigenvalue weighted by Gasteiger charge is 2.25. The number of hydrogen-bond acceptors (Lipinski definition) is 9. The Labute approximate surface area is 199 Å². The molecule has 2 aliphatic rings. The van der Waals surface area contributed by atoms with Crippen LogP contribution >= 0.6 is 12.1 Å². The van der Waals surface area contributed by atoms with Crippen LogP contribution in [0.1, 0.15) is 37.8 Å². The number of rotatable bonds is 10. The Morgan fingerprint density at radius 2 is 2.18 bits per heavy atom. The van der Waals surface area contributed by atoms with Crippen molar-refractivity contribution in [3.8, 4) is 0 Å². The molecule has 0 aliphatic carbocycles. The fourth-order valence-electron chi connectivity index (χ4n) is 3.55. The molecule has 2 heterocycles. The third-order valence-electron chi connectivity index (χ3n) is 5.33. The minimum Gasteiger partial charge on any atom is -0.404 e. The molecular weight excluding hydrogens is 438 g/mol. The second kappa shape index (κ2) is 12.0. The van der Waals surface area contributed by atoms with Crippen LogP contribution in [-0.2, 0) is 9.63 Å². The van der Waals surface area contributed by atoms with E-state index < -0.39 is 0 Å². The van der Waals surface area contributed by atoms with Gasteiger partial charge in [-0.3, -0.25) is 9.63 Å². The first-order valence-electron chi connectivity index (χ1n) is 11.2. The monoisotopic (exact) mass is 471 g/mol. The van der Waals surface area contributed by atoms with Crippen LogP contribution in [0.3, 0.4) is 0 Å². The van der Waals surface area contributed by atoms with Gasteiger partial charge in [0.25, 0.3) is 5.91 Å². The Kier molecular flexibility index (Phi) is 9.07. The molecule has 0 radical (unpaired) electrons. The molecule has 33 heavy (non-hydrogen) atoms. The van der Waals surface area contributed by atoms with Crippen molar-refractivity contribution in [2.45, 2.75) is 26.7 Å². The van der Waals surface area contributed by atoms with E-state index in [0.717, 1.165) is 36.2 Å². The maximum absolute atomic E-state index is 13.0. The van der Waals surface area contributed by atoms with Crippen molar-refractivity contribution < 1.29 is 9.63 Å². The van der Waals surface area contributed by atoms with Crippen LogP contribution in [0, 0.1) is 5.92 Å². The predicted octanol–water partition coefficient (Wildman–Crippen LogP) is 2.48. The van der Waals surface area contributed by atoms with E-state index in [1.54, 1.807) is 6.21 Å². The van der Waals surface area contributed by atoms with E-state index in [1.807, 2.05) is 38.1 Å². The number of nitrogens with two attached hydrogens (primary N) is 3. The average molecular weight is 472 g/mol. The summed E-state index contributed by atoms with van der Waals surface area (Å²) in [4.78, 5) is 23.1. The molecule has 1 fully saturated rings. The number of hydrogen-bond donors (Lipinski definition) is 3. The highest BCUT2D eigenvalue weighted by atomic mass is 32.2. The summed E-state index contributed by atoms with van der Waals surface area (Å²) in [6.45, 7) is 7.38. The topological polar surface area (TPSA) is 136 Å². The molecular formula is C23H33N7O2S. The van der Waals surface area contributed by atoms with Crippen molar-refractivity contribution in [3.63, 3.8) is 0 Å². The fourth-order valence-corrected chi connectivity index (χ4v) is 4.40. The van der Waals surface area contributed by atoms with Gasteiger partial charge in [0, 0.05) is 55.2 Å². The quantitative estimate of drug-likeness (QED) is 0.271. The average Bonchev–Trinajstić information content (AvgIpc) is 2.94. The lowest BCUT2D eigenvalue weighted by Gasteiger charge is -2.35. The summed E-state index contributed by atoms with van der Waals surface area (Å²) in [5.74, 6) is 0.731. The smallest absolute Gasteiger partial charge is 0.273 e. The summed E-state index contributed by atoms with van der Waals surface area (Å²) in [5, 5.41) is 1.40. The summed E-state index contributed by atoms with van der Waals surface area (Å²) in [6.07, 6.45) is 6.14. The highest BCUT2D eigenvalue weighted by Crippen LogP contribution is 2.31. The van der Waals surface area contributed by atoms with Gasteiger partial charge in [-0.2, -0.15) is 0 Å². The standard InChI is InChI=1S/C23H33N7O2S/c1-3-7-30(32-4-2)23(31)19-8-18-6-5-17(9-21(18)28-22(26)10-19)20(12-25)13-27-33-29-14-16(11-24)15-29/h5-6,8-9,12-13,16H,3-4,7,10-11,14-15,24-25H2,1-2H3,(H2,26,28)/b20-12+,27-13+. The van der Waals surface area contributed by atoms with Crippen molar-refractivity contribution >= 4 is 47.4 Å². The first-order valence-corrected chi connectivity index (χ1v) is 11.9. The van der Waals surface area contributed by atoms with Crippen LogP contribution in [0.15, 0.2) is 39.4 Å². The number of benzene rings is 1. The molecule has 2 aliphatic heterocycles. The van der Waals surface area contributed by atoms with Gasteiger partial charge in [-0.25, -0.2) is 18.8 Å². The Morgan fingerprint density at radius 1 is 1.39 bits per heavy atom. The van der Waals surface area contributed by atoms with Crippen LogP contribution in [0.2, 0.25) is 0 Å². The van der Waals surface area contributed by atoms with Gasteiger partial charge in [-0.1, -0.05) is 19.1 Å². The van der Waals surface area contributed by atoms with Gasteiger partial charge >= 0.3 is 0 Å². The van der Waals surface area contributed by atoms with E-state index >= 15 is 0 Å². The van der Waals surface area contributed by atoms with E-state index in [2.05, 4.69) is 13.7 Å². The van der Waals surface area contributed by atoms with Crippen LogP contribution < -0.4 is 17.2 Å². The molecule has 178 valence electrons. The normalized spacial score (nSPS) is 17.2. The number of hydroxylamine groups is 2. The van der Waals surface area contributed by atoms with Gasteiger partial charge in [0.2, 0.25) is 0 Å². The number of carbonyl (C=O) groups excluding carboxylic acids is 1. The van der Waals surface area contributed by atoms with E-state index in [-0.39, 0.29) is 12.3 Å². The Hall–Kier alpha value is -2.66. The third kappa shape index (κ3) is 6.44. The number of fused-ring (bicyclic) bond motifs is 1. The van der Waals surface area contributed by atoms with Gasteiger partial charge in [0.05, 0.1) is 24.4 Å². The second-order valence-corrected chi connectivity index (χ2v) is 8.83. The summed E-state index contributed by atoms with van der Waals surface area (Å²) in [6, 6.07) is 5.75. The van der Waals surface area contributed by atoms with E-state index in [4.69, 9.17) is 22.0 Å². The number of aliphatic imine (C=N–C) groups is 1. The van der Waals surface area contributed by atoms with Gasteiger partial charge in [-0.15, -0.1) is 0 Å². The zero-order valence-electron chi connectivity index (χ0n) is 19.2. The van der Waals surface area contributed by atoms with E-state index in [9.17, 15) is 4.79 Å². The minimum absolute atomic E-state index is 0.191. The zero-order valence-corrected chi connectivity index (χ0v) is 20.1. The maximum atomic E-state index is 13.0. The molecule has 0 atom stereocenters. The lowest BCUT2D eigenvalue weighted by atomic mass is 10.0. The van der Waals surface area contributed by atoms with Gasteiger partial charge in [-0.05, 0) is 43.5 Å². The van der Waals surface area contributed by atoms with E-state index in [1.165, 1.54) is 23.4 Å². The molecule has 1 aromatic rings. The molecule has 10 heteroatoms. The molecule has 3 rings (SSSR count). The first kappa shape index (κ1) is 25.0. The summed E-state index contributed by atoms with van der Waals surface area (Å²) >= 11 is 1.41. The lowest BCUT2D eigenvalue weighted by molar-refractivity contribution is -0.180. The molecule has 0 unspecified atom stereocenters. The number of nitrogens with zero attached hydrogens (tertiary/aromatic N) is 4. The molecule has 0 saturated carbocycles. The Bertz CT molecular complexity index is 962. The van der Waals surface area contributed by atoms with Crippen LogP contribution in [0.4, 0.5) is 5.69 Å². The lowest BCUT2D eigenvalue weighted by Crippen LogP contribution is -2.45. The van der Waals surface area contributed by atoms with Crippen LogP contribution in [-0.4, -0.2) is 60.1 Å². The molecule has 9 nitrogen and oxygen atoms in total. The largest absolute Gasteiger partial charge is 0.404 e. The Balaban J connectivity index is 1.78. The van der Waals surface area contributed by atoms with Crippen LogP contribution in [0.25, 0.3) is 11.6 Å². The fraction of sp³-hybridized carbons (Fsp3) is 0.435. The van der Waals surface area contributed by atoms with Gasteiger partial charge in [0.1, 0.15) is 5.84 Å². The summed E-state index contributed by atoms with van der Waals surface area (Å²) in [5.41, 5.74) is 21.4. The SMILES string of the molecule is CCCN(OCC)C(=O)C1=Cc2ccc(C(=C/N)/C=N/SN3CC(CN)C3)cc2N=C(N)C1. The van der Waals surface area contributed by atoms with Crippen molar-refractivity contribution in [2.75, 3.05) is 32.8 Å². The number of allylic oxidation sites excluding steroid dienone is 1. The van der Waals surface area contributed by atoms with Gasteiger partial charge in [0.15, 0.2) is 0 Å². The third-order valence-corrected chi connectivity index (χ3v) is 6.06. The maximum Gasteiger partial charge on any atom is 0.273 e. The number of carbonyl (C=O) groups is 1. The van der Waals surface area contributed by atoms with Crippen molar-refractivity contribution in [1.82, 2.24) is 9.37 Å². The van der Waals surface area contributed by atoms with E-state index in [0.29, 0.717) is 42.7 Å². The number of amides is 1. The molecule has 6 N–H and O–H groups in total. The highest BCUT2D eigenvalue weighted by molar-refractivity contribution is 7.95. The summed E-state index contributed by atoms with van der Waals surface area (Å²) < 4.78 is 6.59. The first-order chi connectivity index (χ1) is 16.0. The molecule has 1 amide bonds. The van der Waals surface area contributed by atoms with Crippen molar-refractivity contribution in [3.05, 3.63) is 41.1 Å². The summed E-state index contributed by atoms with van der Waals surface area (Å²) in [7, 11) is 0. The van der Waals surface area contributed by atoms with Crippen molar-refractivity contribution in [1.29, 1.82) is 0 Å². The zero-order chi connectivity index (χ0) is 23.8. The minimum atomic E-state index is -0.191.